The standard InChI is InChI=1S/C8H14N2O3S/c1-5-6-3-9-4-7(6)10(8(5)11)14(2,12)13/h5-7,9H,3-4H2,1-2H3/t5-,6?,7?/m0/s1. The molecule has 5 nitrogen and oxygen atoms in total. The van der Waals surface area contributed by atoms with Crippen molar-refractivity contribution in [1.82, 2.24) is 9.62 Å². The van der Waals surface area contributed by atoms with Crippen LogP contribution in [0.5, 0.6) is 0 Å². The number of carbonyl (C=O) groups is 1. The van der Waals surface area contributed by atoms with Gasteiger partial charge in [-0.1, -0.05) is 6.92 Å². The maximum absolute atomic E-state index is 11.7. The van der Waals surface area contributed by atoms with Crippen molar-refractivity contribution < 1.29 is 13.2 Å². The first kappa shape index (κ1) is 9.92. The van der Waals surface area contributed by atoms with Crippen LogP contribution in [0.2, 0.25) is 0 Å². The first-order chi connectivity index (χ1) is 6.43. The van der Waals surface area contributed by atoms with Crippen molar-refractivity contribution in [3.63, 3.8) is 0 Å². The fraction of sp³-hybridized carbons (Fsp3) is 0.875. The lowest BCUT2D eigenvalue weighted by molar-refractivity contribution is -0.127. The summed E-state index contributed by atoms with van der Waals surface area (Å²) in [5, 5.41) is 3.12. The molecule has 0 bridgehead atoms. The Bertz CT molecular complexity index is 365. The normalized spacial score (nSPS) is 37.7. The fourth-order valence-corrected chi connectivity index (χ4v) is 3.62. The Balaban J connectivity index is 2.38. The van der Waals surface area contributed by atoms with Crippen LogP contribution in [0.15, 0.2) is 0 Å². The van der Waals surface area contributed by atoms with Gasteiger partial charge in [-0.2, -0.15) is 0 Å². The van der Waals surface area contributed by atoms with Crippen LogP contribution in [0.1, 0.15) is 6.92 Å². The second-order valence-electron chi connectivity index (χ2n) is 4.08. The van der Waals surface area contributed by atoms with Crippen molar-refractivity contribution >= 4 is 15.9 Å². The zero-order valence-electron chi connectivity index (χ0n) is 8.23. The number of fused-ring (bicyclic) bond motifs is 1. The molecule has 0 aromatic rings. The molecular formula is C8H14N2O3S. The third kappa shape index (κ3) is 1.25. The van der Waals surface area contributed by atoms with E-state index in [1.807, 2.05) is 0 Å². The number of carbonyl (C=O) groups excluding carboxylic acids is 1. The number of rotatable bonds is 1. The highest BCUT2D eigenvalue weighted by atomic mass is 32.2. The Hall–Kier alpha value is -0.620. The smallest absolute Gasteiger partial charge is 0.239 e. The Morgan fingerprint density at radius 3 is 2.64 bits per heavy atom. The molecule has 0 spiro atoms. The van der Waals surface area contributed by atoms with Gasteiger partial charge in [0.05, 0.1) is 12.3 Å². The minimum absolute atomic E-state index is 0.150. The Kier molecular flexibility index (Phi) is 2.08. The first-order valence-electron chi connectivity index (χ1n) is 4.67. The van der Waals surface area contributed by atoms with Crippen molar-refractivity contribution in [3.05, 3.63) is 0 Å². The molecule has 0 saturated carbocycles. The van der Waals surface area contributed by atoms with E-state index in [-0.39, 0.29) is 23.8 Å². The summed E-state index contributed by atoms with van der Waals surface area (Å²) in [6, 6.07) is -0.160. The molecule has 6 heteroatoms. The quantitative estimate of drug-likeness (QED) is 0.614. The summed E-state index contributed by atoms with van der Waals surface area (Å²) in [5.74, 6) is -0.272. The molecule has 0 radical (unpaired) electrons. The van der Waals surface area contributed by atoms with E-state index in [1.165, 1.54) is 0 Å². The minimum atomic E-state index is -3.40. The molecule has 1 amide bonds. The van der Waals surface area contributed by atoms with Gasteiger partial charge in [-0.15, -0.1) is 0 Å². The van der Waals surface area contributed by atoms with Gasteiger partial charge in [0.15, 0.2) is 0 Å². The molecule has 3 atom stereocenters. The summed E-state index contributed by atoms with van der Waals surface area (Å²) in [4.78, 5) is 11.7. The highest BCUT2D eigenvalue weighted by Gasteiger charge is 2.51. The van der Waals surface area contributed by atoms with Crippen LogP contribution in [0.3, 0.4) is 0 Å². The molecule has 2 fully saturated rings. The molecule has 80 valence electrons. The lowest BCUT2D eigenvalue weighted by atomic mass is 9.95. The van der Waals surface area contributed by atoms with E-state index in [4.69, 9.17) is 0 Å². The van der Waals surface area contributed by atoms with E-state index in [9.17, 15) is 13.2 Å². The van der Waals surface area contributed by atoms with E-state index in [2.05, 4.69) is 5.32 Å². The van der Waals surface area contributed by atoms with Crippen molar-refractivity contribution in [3.8, 4) is 0 Å². The van der Waals surface area contributed by atoms with Gasteiger partial charge in [0.1, 0.15) is 0 Å². The molecule has 2 rings (SSSR count). The highest BCUT2D eigenvalue weighted by Crippen LogP contribution is 2.34. The summed E-state index contributed by atoms with van der Waals surface area (Å²) in [6.45, 7) is 3.13. The molecule has 2 heterocycles. The molecule has 0 aromatic heterocycles. The van der Waals surface area contributed by atoms with Gasteiger partial charge in [0.25, 0.3) is 0 Å². The van der Waals surface area contributed by atoms with Gasteiger partial charge >= 0.3 is 0 Å². The van der Waals surface area contributed by atoms with Crippen molar-refractivity contribution in [2.75, 3.05) is 19.3 Å². The van der Waals surface area contributed by atoms with E-state index in [0.29, 0.717) is 6.54 Å². The van der Waals surface area contributed by atoms with Crippen molar-refractivity contribution in [2.24, 2.45) is 11.8 Å². The van der Waals surface area contributed by atoms with Gasteiger partial charge in [-0.05, 0) is 0 Å². The van der Waals surface area contributed by atoms with E-state index in [1.54, 1.807) is 6.92 Å². The SMILES string of the molecule is C[C@@H]1C(=O)N(S(C)(=O)=O)C2CNCC21. The average Bonchev–Trinajstić information content (AvgIpc) is 2.55. The zero-order chi connectivity index (χ0) is 10.5. The van der Waals surface area contributed by atoms with Crippen LogP contribution >= 0.6 is 0 Å². The molecule has 2 aliphatic rings. The van der Waals surface area contributed by atoms with Gasteiger partial charge in [0, 0.05) is 24.9 Å². The maximum Gasteiger partial charge on any atom is 0.239 e. The molecule has 0 aliphatic carbocycles. The molecule has 2 saturated heterocycles. The lowest BCUT2D eigenvalue weighted by Gasteiger charge is -2.20. The van der Waals surface area contributed by atoms with Crippen LogP contribution in [0.25, 0.3) is 0 Å². The number of amides is 1. The van der Waals surface area contributed by atoms with Crippen molar-refractivity contribution in [2.45, 2.75) is 13.0 Å². The van der Waals surface area contributed by atoms with Crippen LogP contribution in [-0.4, -0.2) is 44.0 Å². The van der Waals surface area contributed by atoms with E-state index < -0.39 is 10.0 Å². The Labute approximate surface area is 83.5 Å². The van der Waals surface area contributed by atoms with Crippen LogP contribution < -0.4 is 5.32 Å². The van der Waals surface area contributed by atoms with Crippen LogP contribution in [-0.2, 0) is 14.8 Å². The second-order valence-corrected chi connectivity index (χ2v) is 5.93. The minimum Gasteiger partial charge on any atom is -0.314 e. The molecular weight excluding hydrogens is 204 g/mol. The number of nitrogens with one attached hydrogen (secondary N) is 1. The monoisotopic (exact) mass is 218 g/mol. The van der Waals surface area contributed by atoms with Gasteiger partial charge in [-0.25, -0.2) is 12.7 Å². The highest BCUT2D eigenvalue weighted by molar-refractivity contribution is 7.88. The van der Waals surface area contributed by atoms with E-state index in [0.717, 1.165) is 17.1 Å². The Morgan fingerprint density at radius 2 is 2.07 bits per heavy atom. The third-order valence-corrected chi connectivity index (χ3v) is 4.30. The first-order valence-corrected chi connectivity index (χ1v) is 6.51. The predicted octanol–water partition coefficient (Wildman–Crippen LogP) is -0.988. The predicted molar refractivity (Wildman–Crippen MR) is 51.0 cm³/mol. The zero-order valence-corrected chi connectivity index (χ0v) is 9.04. The molecule has 2 aliphatic heterocycles. The molecule has 0 aromatic carbocycles. The van der Waals surface area contributed by atoms with Crippen molar-refractivity contribution in [1.29, 1.82) is 0 Å². The summed E-state index contributed by atoms with van der Waals surface area (Å²) < 4.78 is 23.9. The maximum atomic E-state index is 11.7. The number of sulfonamides is 1. The fourth-order valence-electron chi connectivity index (χ4n) is 2.41. The molecule has 14 heavy (non-hydrogen) atoms. The summed E-state index contributed by atoms with van der Waals surface area (Å²) in [6.07, 6.45) is 1.10. The number of hydrogen-bond donors (Lipinski definition) is 1. The van der Waals surface area contributed by atoms with Crippen LogP contribution in [0.4, 0.5) is 0 Å². The van der Waals surface area contributed by atoms with Gasteiger partial charge < -0.3 is 5.32 Å². The van der Waals surface area contributed by atoms with Gasteiger partial charge in [-0.3, -0.25) is 4.79 Å². The third-order valence-electron chi connectivity index (χ3n) is 3.14. The molecule has 2 unspecified atom stereocenters. The number of nitrogens with zero attached hydrogens (tertiary/aromatic N) is 1. The Morgan fingerprint density at radius 1 is 1.43 bits per heavy atom. The van der Waals surface area contributed by atoms with E-state index >= 15 is 0 Å². The summed E-state index contributed by atoms with van der Waals surface area (Å²) >= 11 is 0. The lowest BCUT2D eigenvalue weighted by Crippen LogP contribution is -2.41. The summed E-state index contributed by atoms with van der Waals surface area (Å²) in [5.41, 5.74) is 0. The van der Waals surface area contributed by atoms with Gasteiger partial charge in [0.2, 0.25) is 15.9 Å². The molecule has 1 N–H and O–H groups in total. The summed E-state index contributed by atoms with van der Waals surface area (Å²) in [7, 11) is -3.40. The second kappa shape index (κ2) is 2.93. The number of hydrogen-bond acceptors (Lipinski definition) is 4. The average molecular weight is 218 g/mol. The van der Waals surface area contributed by atoms with Crippen LogP contribution in [0, 0.1) is 11.8 Å². The topological polar surface area (TPSA) is 66.5 Å². The largest absolute Gasteiger partial charge is 0.314 e.